The second-order valence-corrected chi connectivity index (χ2v) is 8.21. The van der Waals surface area contributed by atoms with Gasteiger partial charge in [-0.25, -0.2) is 4.68 Å². The summed E-state index contributed by atoms with van der Waals surface area (Å²) in [6, 6.07) is 8.46. The molecule has 1 aliphatic rings. The number of hydrogen-bond acceptors (Lipinski definition) is 6. The molecule has 4 rings (SSSR count). The summed E-state index contributed by atoms with van der Waals surface area (Å²) in [6.45, 7) is 5.20. The van der Waals surface area contributed by atoms with Crippen LogP contribution in [0.15, 0.2) is 29.1 Å². The van der Waals surface area contributed by atoms with Crippen LogP contribution >= 0.6 is 0 Å². The number of tetrazole rings is 1. The van der Waals surface area contributed by atoms with Gasteiger partial charge < -0.3 is 14.6 Å². The average molecular weight is 426 g/mol. The number of nitrogens with zero attached hydrogens (tertiary/aromatic N) is 4. The highest BCUT2D eigenvalue weighted by Gasteiger charge is 2.29. The van der Waals surface area contributed by atoms with Crippen LogP contribution in [0.1, 0.15) is 49.6 Å². The van der Waals surface area contributed by atoms with Gasteiger partial charge in [-0.1, -0.05) is 18.2 Å². The zero-order valence-electron chi connectivity index (χ0n) is 18.1. The lowest BCUT2D eigenvalue weighted by Crippen LogP contribution is -3.13. The van der Waals surface area contributed by atoms with Gasteiger partial charge in [0.1, 0.15) is 19.6 Å². The third-order valence-electron chi connectivity index (χ3n) is 6.09. The first-order valence-electron chi connectivity index (χ1n) is 10.9. The smallest absolute Gasteiger partial charge is 0.327 e. The fraction of sp³-hybridized carbons (Fsp3) is 0.500. The van der Waals surface area contributed by atoms with Crippen molar-refractivity contribution in [1.82, 2.24) is 25.2 Å². The lowest BCUT2D eigenvalue weighted by molar-refractivity contribution is -0.952. The van der Waals surface area contributed by atoms with Gasteiger partial charge in [-0.3, -0.25) is 9.59 Å². The zero-order chi connectivity index (χ0) is 21.8. The highest BCUT2D eigenvalue weighted by molar-refractivity contribution is 5.81. The highest BCUT2D eigenvalue weighted by atomic mass is 16.5. The van der Waals surface area contributed by atoms with Crippen LogP contribution in [0.3, 0.4) is 0 Å². The van der Waals surface area contributed by atoms with Gasteiger partial charge in [0.15, 0.2) is 0 Å². The Labute approximate surface area is 180 Å². The Balaban J connectivity index is 1.60. The first-order valence-corrected chi connectivity index (χ1v) is 10.9. The Bertz CT molecular complexity index is 1120. The molecule has 2 heterocycles. The zero-order valence-corrected chi connectivity index (χ0v) is 18.1. The minimum atomic E-state index is -0.361. The molecule has 9 heteroatoms. The number of rotatable bonds is 8. The van der Waals surface area contributed by atoms with E-state index in [-0.39, 0.29) is 18.1 Å². The molecular formula is C22H29N6O3+. The predicted octanol–water partition coefficient (Wildman–Crippen LogP) is 0.914. The summed E-state index contributed by atoms with van der Waals surface area (Å²) in [6.07, 6.45) is 4.60. The van der Waals surface area contributed by atoms with E-state index in [1.54, 1.807) is 6.92 Å². The number of benzene rings is 1. The van der Waals surface area contributed by atoms with Gasteiger partial charge >= 0.3 is 5.97 Å². The molecule has 0 radical (unpaired) electrons. The Morgan fingerprint density at radius 3 is 2.87 bits per heavy atom. The summed E-state index contributed by atoms with van der Waals surface area (Å²) in [5, 5.41) is 12.9. The number of para-hydroxylation sites is 1. The quantitative estimate of drug-likeness (QED) is 0.520. The van der Waals surface area contributed by atoms with Crippen molar-refractivity contribution < 1.29 is 14.4 Å². The van der Waals surface area contributed by atoms with Crippen molar-refractivity contribution in [2.24, 2.45) is 0 Å². The Hall–Kier alpha value is -3.07. The first-order chi connectivity index (χ1) is 15.0. The lowest BCUT2D eigenvalue weighted by Gasteiger charge is -2.25. The average Bonchev–Trinajstić information content (AvgIpc) is 3.41. The maximum atomic E-state index is 12.8. The fourth-order valence-electron chi connectivity index (χ4n) is 4.49. The summed E-state index contributed by atoms with van der Waals surface area (Å²) in [5.74, 6) is 0.267. The Morgan fingerprint density at radius 1 is 1.29 bits per heavy atom. The van der Waals surface area contributed by atoms with Crippen molar-refractivity contribution in [2.75, 3.05) is 6.61 Å². The first kappa shape index (κ1) is 21.2. The maximum absolute atomic E-state index is 12.8. The van der Waals surface area contributed by atoms with Gasteiger partial charge in [-0.05, 0) is 67.0 Å². The summed E-state index contributed by atoms with van der Waals surface area (Å²) in [7, 11) is 0. The van der Waals surface area contributed by atoms with Gasteiger partial charge in [0.05, 0.1) is 23.7 Å². The molecule has 164 valence electrons. The molecule has 1 aliphatic carbocycles. The number of ether oxygens (including phenoxy) is 1. The van der Waals surface area contributed by atoms with Crippen molar-refractivity contribution in [3.05, 3.63) is 51.6 Å². The number of carbonyl (C=O) groups excluding carboxylic acids is 1. The molecule has 3 aromatic rings. The number of quaternary nitrogens is 1. The Kier molecular flexibility index (Phi) is 6.41. The van der Waals surface area contributed by atoms with E-state index < -0.39 is 0 Å². The molecule has 9 nitrogen and oxygen atoms in total. The van der Waals surface area contributed by atoms with Crippen molar-refractivity contribution in [3.8, 4) is 0 Å². The minimum Gasteiger partial charge on any atom is -0.465 e. The summed E-state index contributed by atoms with van der Waals surface area (Å²) in [5.41, 5.74) is 2.64. The minimum absolute atomic E-state index is 0.00997. The molecule has 0 bridgehead atoms. The van der Waals surface area contributed by atoms with E-state index in [9.17, 15) is 9.59 Å². The van der Waals surface area contributed by atoms with Crippen LogP contribution in [0.4, 0.5) is 0 Å². The normalized spacial score (nSPS) is 15.4. The van der Waals surface area contributed by atoms with Gasteiger partial charge in [0, 0.05) is 0 Å². The van der Waals surface area contributed by atoms with Crippen LogP contribution in [-0.4, -0.2) is 43.8 Å². The van der Waals surface area contributed by atoms with Crippen LogP contribution in [0.5, 0.6) is 0 Å². The lowest BCUT2D eigenvalue weighted by atomic mass is 10.1. The van der Waals surface area contributed by atoms with Gasteiger partial charge in [-0.2, -0.15) is 0 Å². The molecule has 0 aliphatic heterocycles. The number of carbonyl (C=O) groups is 1. The highest BCUT2D eigenvalue weighted by Crippen LogP contribution is 2.17. The van der Waals surface area contributed by atoms with Crippen molar-refractivity contribution in [1.29, 1.82) is 0 Å². The van der Waals surface area contributed by atoms with E-state index in [4.69, 9.17) is 4.74 Å². The van der Waals surface area contributed by atoms with Crippen molar-refractivity contribution >= 4 is 16.9 Å². The largest absolute Gasteiger partial charge is 0.465 e. The van der Waals surface area contributed by atoms with E-state index in [0.717, 1.165) is 34.9 Å². The summed E-state index contributed by atoms with van der Waals surface area (Å²) < 4.78 is 6.53. The molecule has 0 saturated heterocycles. The number of fused-ring (bicyclic) bond motifs is 1. The van der Waals surface area contributed by atoms with E-state index >= 15 is 0 Å². The third-order valence-corrected chi connectivity index (χ3v) is 6.09. The van der Waals surface area contributed by atoms with Crippen LogP contribution in [-0.2, 0) is 29.2 Å². The Morgan fingerprint density at radius 2 is 2.10 bits per heavy atom. The number of nitrogens with one attached hydrogen (secondary N) is 2. The number of aromatic nitrogens is 5. The molecule has 1 unspecified atom stereocenters. The number of pyridine rings is 1. The maximum Gasteiger partial charge on any atom is 0.327 e. The summed E-state index contributed by atoms with van der Waals surface area (Å²) >= 11 is 0. The van der Waals surface area contributed by atoms with E-state index in [0.29, 0.717) is 31.6 Å². The molecule has 0 spiro atoms. The number of esters is 1. The number of aryl methyl sites for hydroxylation is 1. The number of H-pyrrole nitrogens is 1. The fourth-order valence-corrected chi connectivity index (χ4v) is 4.49. The van der Waals surface area contributed by atoms with E-state index in [1.807, 2.05) is 31.2 Å². The standard InChI is InChI=1S/C22H28N6O3/c1-3-31-20(29)14-28-19(24-25-26-28)13-27(18-9-4-5-10-18)12-17-11-16-8-6-7-15(2)21(16)23-22(17)30/h6-8,11,18H,3-5,9-10,12-14H2,1-2H3,(H,23,30)/p+1. The molecular weight excluding hydrogens is 396 g/mol. The van der Waals surface area contributed by atoms with E-state index in [2.05, 4.69) is 20.5 Å². The second kappa shape index (κ2) is 9.38. The number of aromatic amines is 1. The molecule has 1 fully saturated rings. The predicted molar refractivity (Wildman–Crippen MR) is 114 cm³/mol. The van der Waals surface area contributed by atoms with Gasteiger partial charge in [-0.15, -0.1) is 5.10 Å². The topological polar surface area (TPSA) is 107 Å². The molecule has 31 heavy (non-hydrogen) atoms. The molecule has 2 N–H and O–H groups in total. The van der Waals surface area contributed by atoms with Crippen molar-refractivity contribution in [3.63, 3.8) is 0 Å². The molecule has 1 saturated carbocycles. The monoisotopic (exact) mass is 425 g/mol. The molecule has 2 aromatic heterocycles. The second-order valence-electron chi connectivity index (χ2n) is 8.21. The molecule has 1 atom stereocenters. The number of hydrogen-bond donors (Lipinski definition) is 2. The van der Waals surface area contributed by atoms with Gasteiger partial charge in [0.2, 0.25) is 5.82 Å². The van der Waals surface area contributed by atoms with Crippen LogP contribution in [0.2, 0.25) is 0 Å². The van der Waals surface area contributed by atoms with Crippen LogP contribution in [0, 0.1) is 6.92 Å². The molecule has 0 amide bonds. The van der Waals surface area contributed by atoms with Crippen LogP contribution in [0.25, 0.3) is 10.9 Å². The van der Waals surface area contributed by atoms with Crippen LogP contribution < -0.4 is 10.5 Å². The van der Waals surface area contributed by atoms with Gasteiger partial charge in [0.25, 0.3) is 5.56 Å². The van der Waals surface area contributed by atoms with E-state index in [1.165, 1.54) is 22.4 Å². The summed E-state index contributed by atoms with van der Waals surface area (Å²) in [4.78, 5) is 29.1. The third kappa shape index (κ3) is 4.82. The SMILES string of the molecule is CCOC(=O)Cn1nnnc1C[NH+](Cc1cc2cccc(C)c2[nH]c1=O)C1CCCC1. The molecule has 1 aromatic carbocycles. The van der Waals surface area contributed by atoms with Crippen molar-refractivity contribution in [2.45, 2.75) is 65.2 Å².